The molecular formula is C25H20FN3O4S. The number of ether oxygens (including phenoxy) is 1. The number of anilines is 1. The SMILES string of the molecule is COC(=O)c1ccc2c(=O)n(-c3ccccc3)c(SC(C)C(=O)Nc3ccccc3F)nc2c1. The molecule has 0 fully saturated rings. The first-order valence-electron chi connectivity index (χ1n) is 10.3. The van der Waals surface area contributed by atoms with Gasteiger partial charge in [0.2, 0.25) is 5.91 Å². The number of methoxy groups -OCH3 is 1. The van der Waals surface area contributed by atoms with E-state index in [0.717, 1.165) is 11.8 Å². The Morgan fingerprint density at radius 2 is 1.76 bits per heavy atom. The van der Waals surface area contributed by atoms with Crippen LogP contribution in [0.15, 0.2) is 82.7 Å². The van der Waals surface area contributed by atoms with E-state index in [9.17, 15) is 18.8 Å². The van der Waals surface area contributed by atoms with Gasteiger partial charge < -0.3 is 10.1 Å². The van der Waals surface area contributed by atoms with E-state index in [0.29, 0.717) is 16.6 Å². The van der Waals surface area contributed by atoms with E-state index in [-0.39, 0.29) is 22.0 Å². The van der Waals surface area contributed by atoms with Crippen molar-refractivity contribution in [2.45, 2.75) is 17.3 Å². The summed E-state index contributed by atoms with van der Waals surface area (Å²) in [5.74, 6) is -1.55. The highest BCUT2D eigenvalue weighted by atomic mass is 32.2. The molecule has 1 N–H and O–H groups in total. The fraction of sp³-hybridized carbons (Fsp3) is 0.120. The number of benzene rings is 3. The smallest absolute Gasteiger partial charge is 0.337 e. The van der Waals surface area contributed by atoms with Gasteiger partial charge in [-0.25, -0.2) is 14.2 Å². The quantitative estimate of drug-likeness (QED) is 0.251. The molecule has 1 amide bonds. The number of hydrogen-bond donors (Lipinski definition) is 1. The third-order valence-corrected chi connectivity index (χ3v) is 6.11. The highest BCUT2D eigenvalue weighted by Gasteiger charge is 2.21. The number of nitrogens with zero attached hydrogens (tertiary/aromatic N) is 2. The maximum absolute atomic E-state index is 14.0. The average molecular weight is 478 g/mol. The van der Waals surface area contributed by atoms with Crippen molar-refractivity contribution >= 4 is 40.2 Å². The topological polar surface area (TPSA) is 90.3 Å². The van der Waals surface area contributed by atoms with E-state index < -0.39 is 22.9 Å². The molecule has 9 heteroatoms. The summed E-state index contributed by atoms with van der Waals surface area (Å²) in [4.78, 5) is 42.8. The second-order valence-corrected chi connectivity index (χ2v) is 8.63. The summed E-state index contributed by atoms with van der Waals surface area (Å²) < 4.78 is 20.1. The zero-order chi connectivity index (χ0) is 24.2. The number of fused-ring (bicyclic) bond motifs is 1. The van der Waals surface area contributed by atoms with Gasteiger partial charge in [-0.2, -0.15) is 0 Å². The van der Waals surface area contributed by atoms with Gasteiger partial charge in [0.1, 0.15) is 5.82 Å². The second-order valence-electron chi connectivity index (χ2n) is 7.32. The van der Waals surface area contributed by atoms with E-state index in [1.807, 2.05) is 6.07 Å². The van der Waals surface area contributed by atoms with Gasteiger partial charge in [0.25, 0.3) is 5.56 Å². The summed E-state index contributed by atoms with van der Waals surface area (Å²) >= 11 is 1.05. The van der Waals surface area contributed by atoms with Gasteiger partial charge in [-0.3, -0.25) is 14.2 Å². The van der Waals surface area contributed by atoms with Gasteiger partial charge >= 0.3 is 5.97 Å². The molecule has 7 nitrogen and oxygen atoms in total. The fourth-order valence-corrected chi connectivity index (χ4v) is 4.23. The number of rotatable bonds is 6. The Labute approximate surface area is 198 Å². The Hall–Kier alpha value is -3.98. The number of hydrogen-bond acceptors (Lipinski definition) is 6. The molecule has 4 aromatic rings. The number of esters is 1. The van der Waals surface area contributed by atoms with Gasteiger partial charge in [-0.05, 0) is 49.4 Å². The van der Waals surface area contributed by atoms with Crippen molar-refractivity contribution in [1.82, 2.24) is 9.55 Å². The highest BCUT2D eigenvalue weighted by Crippen LogP contribution is 2.26. The maximum Gasteiger partial charge on any atom is 0.337 e. The molecule has 0 radical (unpaired) electrons. The monoisotopic (exact) mass is 477 g/mol. The van der Waals surface area contributed by atoms with E-state index >= 15 is 0 Å². The Morgan fingerprint density at radius 3 is 2.47 bits per heavy atom. The molecule has 1 heterocycles. The third kappa shape index (κ3) is 4.69. The number of aromatic nitrogens is 2. The van der Waals surface area contributed by atoms with E-state index in [1.54, 1.807) is 37.3 Å². The van der Waals surface area contributed by atoms with Crippen molar-refractivity contribution in [1.29, 1.82) is 0 Å². The van der Waals surface area contributed by atoms with Gasteiger partial charge in [-0.1, -0.05) is 42.1 Å². The Balaban J connectivity index is 1.77. The summed E-state index contributed by atoms with van der Waals surface area (Å²) in [5.41, 5.74) is 0.833. The van der Waals surface area contributed by atoms with Crippen molar-refractivity contribution < 1.29 is 18.7 Å². The standard InChI is InChI=1S/C25H20FN3O4S/c1-15(22(30)27-20-11-7-6-10-19(20)26)34-25-28-21-14-16(24(32)33-2)12-13-18(21)23(31)29(25)17-8-4-3-5-9-17/h3-15H,1-2H3,(H,27,30). The average Bonchev–Trinajstić information content (AvgIpc) is 2.85. The van der Waals surface area contributed by atoms with Crippen LogP contribution in [0.25, 0.3) is 16.6 Å². The maximum atomic E-state index is 14.0. The van der Waals surface area contributed by atoms with Crippen LogP contribution >= 0.6 is 11.8 Å². The van der Waals surface area contributed by atoms with Crippen LogP contribution in [-0.4, -0.2) is 33.8 Å². The highest BCUT2D eigenvalue weighted by molar-refractivity contribution is 8.00. The van der Waals surface area contributed by atoms with Gasteiger partial charge in [-0.15, -0.1) is 0 Å². The van der Waals surface area contributed by atoms with Crippen LogP contribution in [-0.2, 0) is 9.53 Å². The number of carbonyl (C=O) groups is 2. The molecule has 3 aromatic carbocycles. The van der Waals surface area contributed by atoms with E-state index in [4.69, 9.17) is 4.74 Å². The van der Waals surface area contributed by atoms with Crippen molar-refractivity contribution in [2.75, 3.05) is 12.4 Å². The number of amides is 1. The van der Waals surface area contributed by atoms with Crippen LogP contribution in [0.4, 0.5) is 10.1 Å². The number of para-hydroxylation sites is 2. The summed E-state index contributed by atoms with van der Waals surface area (Å²) in [6, 6.07) is 19.3. The molecule has 0 aliphatic heterocycles. The minimum absolute atomic E-state index is 0.0644. The molecule has 0 bridgehead atoms. The second kappa shape index (κ2) is 9.88. The first-order chi connectivity index (χ1) is 16.4. The van der Waals surface area contributed by atoms with Crippen molar-refractivity contribution in [3.05, 3.63) is 94.5 Å². The fourth-order valence-electron chi connectivity index (χ4n) is 3.30. The molecule has 0 saturated carbocycles. The van der Waals surface area contributed by atoms with Gasteiger partial charge in [0.15, 0.2) is 5.16 Å². The summed E-state index contributed by atoms with van der Waals surface area (Å²) in [6.45, 7) is 1.64. The van der Waals surface area contributed by atoms with E-state index in [1.165, 1.54) is 48.1 Å². The lowest BCUT2D eigenvalue weighted by atomic mass is 10.1. The lowest BCUT2D eigenvalue weighted by Gasteiger charge is -2.17. The minimum atomic E-state index is -0.720. The van der Waals surface area contributed by atoms with E-state index in [2.05, 4.69) is 10.3 Å². The largest absolute Gasteiger partial charge is 0.465 e. The van der Waals surface area contributed by atoms with Crippen molar-refractivity contribution in [2.24, 2.45) is 0 Å². The molecular weight excluding hydrogens is 457 g/mol. The molecule has 0 saturated heterocycles. The molecule has 4 rings (SSSR count). The van der Waals surface area contributed by atoms with Gasteiger partial charge in [0.05, 0.1) is 40.2 Å². The first-order valence-corrected chi connectivity index (χ1v) is 11.2. The molecule has 1 atom stereocenters. The molecule has 0 aliphatic rings. The van der Waals surface area contributed by atoms with Crippen LogP contribution < -0.4 is 10.9 Å². The Bertz CT molecular complexity index is 1440. The normalized spacial score (nSPS) is 11.7. The Morgan fingerprint density at radius 1 is 1.06 bits per heavy atom. The summed E-state index contributed by atoms with van der Waals surface area (Å²) in [6.07, 6.45) is 0. The first kappa shape index (κ1) is 23.2. The summed E-state index contributed by atoms with van der Waals surface area (Å²) in [5, 5.41) is 2.40. The number of thioether (sulfide) groups is 1. The number of carbonyl (C=O) groups excluding carboxylic acids is 2. The predicted molar refractivity (Wildman–Crippen MR) is 129 cm³/mol. The molecule has 1 unspecified atom stereocenters. The molecule has 0 spiro atoms. The molecule has 1 aromatic heterocycles. The minimum Gasteiger partial charge on any atom is -0.465 e. The zero-order valence-corrected chi connectivity index (χ0v) is 19.1. The van der Waals surface area contributed by atoms with Crippen molar-refractivity contribution in [3.8, 4) is 5.69 Å². The van der Waals surface area contributed by atoms with Crippen molar-refractivity contribution in [3.63, 3.8) is 0 Å². The van der Waals surface area contributed by atoms with Gasteiger partial charge in [0, 0.05) is 0 Å². The third-order valence-electron chi connectivity index (χ3n) is 5.06. The molecule has 172 valence electrons. The molecule has 34 heavy (non-hydrogen) atoms. The van der Waals surface area contributed by atoms with Crippen LogP contribution in [0.3, 0.4) is 0 Å². The molecule has 0 aliphatic carbocycles. The lowest BCUT2D eigenvalue weighted by molar-refractivity contribution is -0.115. The van der Waals surface area contributed by atoms with Crippen LogP contribution in [0.5, 0.6) is 0 Å². The summed E-state index contributed by atoms with van der Waals surface area (Å²) in [7, 11) is 1.27. The Kier molecular flexibility index (Phi) is 6.74. The zero-order valence-electron chi connectivity index (χ0n) is 18.3. The predicted octanol–water partition coefficient (Wildman–Crippen LogP) is 4.43. The number of halogens is 1. The number of nitrogens with one attached hydrogen (secondary N) is 1. The van der Waals surface area contributed by atoms with Crippen LogP contribution in [0.2, 0.25) is 0 Å². The van der Waals surface area contributed by atoms with Crippen LogP contribution in [0, 0.1) is 5.82 Å². The van der Waals surface area contributed by atoms with Crippen LogP contribution in [0.1, 0.15) is 17.3 Å². The lowest BCUT2D eigenvalue weighted by Crippen LogP contribution is -2.26.